The molecule has 7 heteroatoms. The highest BCUT2D eigenvalue weighted by molar-refractivity contribution is 6.16. The number of aromatic nitrogens is 3. The molecular weight excluding hydrogens is 474 g/mol. The van der Waals surface area contributed by atoms with Gasteiger partial charge in [0.1, 0.15) is 5.82 Å². The molecule has 1 amide bonds. The Morgan fingerprint density at radius 1 is 0.947 bits per heavy atom. The number of para-hydroxylation sites is 2. The first kappa shape index (κ1) is 23.6. The molecule has 38 heavy (non-hydrogen) atoms. The molecule has 0 bridgehead atoms. The van der Waals surface area contributed by atoms with E-state index in [9.17, 15) is 9.90 Å². The highest BCUT2D eigenvalue weighted by atomic mass is 16.3. The quantitative estimate of drug-likeness (QED) is 0.272. The molecule has 3 aromatic heterocycles. The van der Waals surface area contributed by atoms with Crippen molar-refractivity contribution < 1.29 is 9.90 Å². The lowest BCUT2D eigenvalue weighted by Crippen LogP contribution is -2.30. The monoisotopic (exact) mass is 501 g/mol. The molecule has 0 fully saturated rings. The van der Waals surface area contributed by atoms with Crippen molar-refractivity contribution in [3.05, 3.63) is 96.8 Å². The van der Waals surface area contributed by atoms with Gasteiger partial charge in [0.2, 0.25) is 0 Å². The summed E-state index contributed by atoms with van der Waals surface area (Å²) < 4.78 is 2.09. The fraction of sp³-hybridized carbons (Fsp3) is 0.129. The summed E-state index contributed by atoms with van der Waals surface area (Å²) in [5, 5.41) is 16.7. The maximum Gasteiger partial charge on any atom is 0.252 e. The maximum absolute atomic E-state index is 12.1. The normalized spacial score (nSPS) is 11.9. The van der Waals surface area contributed by atoms with Gasteiger partial charge in [-0.1, -0.05) is 48.5 Å². The van der Waals surface area contributed by atoms with Crippen LogP contribution in [0.2, 0.25) is 0 Å². The number of nitrogens with zero attached hydrogens (tertiary/aromatic N) is 3. The molecule has 0 unspecified atom stereocenters. The van der Waals surface area contributed by atoms with Crippen LogP contribution in [0.4, 0.5) is 5.69 Å². The van der Waals surface area contributed by atoms with E-state index in [1.165, 1.54) is 6.20 Å². The summed E-state index contributed by atoms with van der Waals surface area (Å²) in [6, 6.07) is 26.5. The fourth-order valence-corrected chi connectivity index (χ4v) is 4.95. The van der Waals surface area contributed by atoms with Crippen molar-refractivity contribution in [2.24, 2.45) is 5.73 Å². The standard InChI is InChI=1S/C31H27N5O2/c1-31(2,38)18-35-25-15-28(34-17-23(25)30(32)37)36-26-12-6-4-9-22(26)29-21(10-7-13-27(29)36)20-14-19-8-3-5-11-24(19)33-16-20/h3-17,38H,18H2,1-2H3,(H2,32,37)(H,34,35). The molecular formula is C31H27N5O2. The number of aliphatic hydroxyl groups is 1. The van der Waals surface area contributed by atoms with E-state index in [0.29, 0.717) is 11.5 Å². The number of hydrogen-bond acceptors (Lipinski definition) is 5. The van der Waals surface area contributed by atoms with Crippen molar-refractivity contribution in [1.82, 2.24) is 14.5 Å². The predicted octanol–water partition coefficient (Wildman–Crippen LogP) is 5.68. The lowest BCUT2D eigenvalue weighted by Gasteiger charge is -2.20. The maximum atomic E-state index is 12.1. The summed E-state index contributed by atoms with van der Waals surface area (Å²) in [5.74, 6) is 0.0452. The van der Waals surface area contributed by atoms with E-state index in [2.05, 4.69) is 51.3 Å². The van der Waals surface area contributed by atoms with Crippen LogP contribution in [0.25, 0.3) is 49.7 Å². The van der Waals surface area contributed by atoms with Gasteiger partial charge in [0.15, 0.2) is 0 Å². The number of amides is 1. The average Bonchev–Trinajstić information content (AvgIpc) is 3.25. The summed E-state index contributed by atoms with van der Waals surface area (Å²) in [7, 11) is 0. The van der Waals surface area contributed by atoms with Crippen LogP contribution < -0.4 is 11.1 Å². The van der Waals surface area contributed by atoms with Crippen LogP contribution in [-0.2, 0) is 0 Å². The molecule has 0 atom stereocenters. The Balaban J connectivity index is 1.59. The Bertz CT molecular complexity index is 1850. The molecule has 7 nitrogen and oxygen atoms in total. The number of pyridine rings is 2. The predicted molar refractivity (Wildman–Crippen MR) is 153 cm³/mol. The molecule has 6 aromatic rings. The van der Waals surface area contributed by atoms with Gasteiger partial charge in [0.05, 0.1) is 33.4 Å². The van der Waals surface area contributed by atoms with Crippen LogP contribution in [0.3, 0.4) is 0 Å². The number of primary amides is 1. The van der Waals surface area contributed by atoms with Crippen LogP contribution in [0.5, 0.6) is 0 Å². The minimum absolute atomic E-state index is 0.239. The second kappa shape index (κ2) is 8.97. The van der Waals surface area contributed by atoms with Gasteiger partial charge < -0.3 is 16.2 Å². The van der Waals surface area contributed by atoms with Gasteiger partial charge in [-0.3, -0.25) is 14.3 Å². The number of nitrogens with two attached hydrogens (primary N) is 1. The third-order valence-corrected chi connectivity index (χ3v) is 6.69. The molecule has 6 rings (SSSR count). The van der Waals surface area contributed by atoms with E-state index < -0.39 is 11.5 Å². The van der Waals surface area contributed by atoms with Crippen molar-refractivity contribution in [2.45, 2.75) is 19.4 Å². The third kappa shape index (κ3) is 4.13. The Morgan fingerprint density at radius 3 is 2.53 bits per heavy atom. The van der Waals surface area contributed by atoms with Crippen molar-refractivity contribution in [2.75, 3.05) is 11.9 Å². The number of hydrogen-bond donors (Lipinski definition) is 3. The Kier molecular flexibility index (Phi) is 5.58. The number of fused-ring (bicyclic) bond motifs is 4. The summed E-state index contributed by atoms with van der Waals surface area (Å²) in [4.78, 5) is 21.5. The Labute approximate surface area is 219 Å². The minimum Gasteiger partial charge on any atom is -0.389 e. The van der Waals surface area contributed by atoms with Crippen molar-refractivity contribution in [3.8, 4) is 16.9 Å². The van der Waals surface area contributed by atoms with E-state index >= 15 is 0 Å². The van der Waals surface area contributed by atoms with Crippen LogP contribution in [0.15, 0.2) is 91.3 Å². The molecule has 0 spiro atoms. The number of anilines is 1. The van der Waals surface area contributed by atoms with E-state index in [1.54, 1.807) is 13.8 Å². The van der Waals surface area contributed by atoms with Crippen LogP contribution in [-0.4, -0.2) is 37.7 Å². The molecule has 3 heterocycles. The first-order chi connectivity index (χ1) is 18.3. The third-order valence-electron chi connectivity index (χ3n) is 6.69. The Morgan fingerprint density at radius 2 is 1.71 bits per heavy atom. The number of nitrogens with one attached hydrogen (secondary N) is 1. The van der Waals surface area contributed by atoms with Crippen LogP contribution in [0, 0.1) is 0 Å². The van der Waals surface area contributed by atoms with Gasteiger partial charge >= 0.3 is 0 Å². The number of carbonyl (C=O) groups is 1. The first-order valence-electron chi connectivity index (χ1n) is 12.4. The molecule has 0 aliphatic heterocycles. The highest BCUT2D eigenvalue weighted by Crippen LogP contribution is 2.38. The smallest absolute Gasteiger partial charge is 0.252 e. The second-order valence-electron chi connectivity index (χ2n) is 10.1. The lowest BCUT2D eigenvalue weighted by molar-refractivity contribution is 0.0939. The van der Waals surface area contributed by atoms with Gasteiger partial charge in [-0.15, -0.1) is 0 Å². The lowest BCUT2D eigenvalue weighted by atomic mass is 9.99. The zero-order valence-electron chi connectivity index (χ0n) is 21.1. The molecule has 4 N–H and O–H groups in total. The largest absolute Gasteiger partial charge is 0.389 e. The van der Waals surface area contributed by atoms with Crippen molar-refractivity contribution >= 4 is 44.3 Å². The second-order valence-corrected chi connectivity index (χ2v) is 10.1. The molecule has 0 aliphatic carbocycles. The number of rotatable bonds is 6. The van der Waals surface area contributed by atoms with Crippen LogP contribution in [0.1, 0.15) is 24.2 Å². The topological polar surface area (TPSA) is 106 Å². The van der Waals surface area contributed by atoms with E-state index in [1.807, 2.05) is 48.7 Å². The van der Waals surface area contributed by atoms with E-state index in [0.717, 1.165) is 43.8 Å². The average molecular weight is 502 g/mol. The molecule has 0 radical (unpaired) electrons. The summed E-state index contributed by atoms with van der Waals surface area (Å²) in [6.45, 7) is 3.63. The zero-order valence-corrected chi connectivity index (χ0v) is 21.1. The van der Waals surface area contributed by atoms with Gasteiger partial charge in [0, 0.05) is 46.7 Å². The van der Waals surface area contributed by atoms with Crippen molar-refractivity contribution in [1.29, 1.82) is 0 Å². The SMILES string of the molecule is CC(C)(O)CNc1cc(-n2c3ccccc3c3c(-c4cnc5ccccc5c4)cccc32)ncc1C(N)=O. The first-order valence-corrected chi connectivity index (χ1v) is 12.4. The highest BCUT2D eigenvalue weighted by Gasteiger charge is 2.20. The zero-order chi connectivity index (χ0) is 26.4. The van der Waals surface area contributed by atoms with Gasteiger partial charge in [-0.25, -0.2) is 4.98 Å². The Hall–Kier alpha value is -4.75. The molecule has 3 aromatic carbocycles. The van der Waals surface area contributed by atoms with E-state index in [-0.39, 0.29) is 12.1 Å². The number of benzene rings is 3. The summed E-state index contributed by atoms with van der Waals surface area (Å²) in [6.07, 6.45) is 3.41. The summed E-state index contributed by atoms with van der Waals surface area (Å²) >= 11 is 0. The number of carbonyl (C=O) groups excluding carboxylic acids is 1. The molecule has 0 aliphatic rings. The fourth-order valence-electron chi connectivity index (χ4n) is 4.95. The molecule has 0 saturated carbocycles. The van der Waals surface area contributed by atoms with Gasteiger partial charge in [0.25, 0.3) is 5.91 Å². The van der Waals surface area contributed by atoms with Gasteiger partial charge in [-0.2, -0.15) is 0 Å². The summed E-state index contributed by atoms with van der Waals surface area (Å²) in [5.41, 5.74) is 10.5. The van der Waals surface area contributed by atoms with Crippen LogP contribution >= 0.6 is 0 Å². The molecule has 188 valence electrons. The molecule has 0 saturated heterocycles. The van der Waals surface area contributed by atoms with E-state index in [4.69, 9.17) is 10.7 Å². The van der Waals surface area contributed by atoms with Crippen molar-refractivity contribution in [3.63, 3.8) is 0 Å². The minimum atomic E-state index is -0.978. The van der Waals surface area contributed by atoms with Gasteiger partial charge in [-0.05, 0) is 43.7 Å².